The van der Waals surface area contributed by atoms with Crippen molar-refractivity contribution in [1.29, 1.82) is 0 Å². The molecule has 2 saturated carbocycles. The van der Waals surface area contributed by atoms with Gasteiger partial charge in [-0.1, -0.05) is 178 Å². The van der Waals surface area contributed by atoms with Gasteiger partial charge in [-0.05, 0) is 134 Å². The molecule has 0 radical (unpaired) electrons. The monoisotopic (exact) mass is 757 g/mol. The van der Waals surface area contributed by atoms with Crippen molar-refractivity contribution in [1.82, 2.24) is 0 Å². The Morgan fingerprint density at radius 2 is 0.983 bits per heavy atom. The number of nitrogens with zero attached hydrogens (tertiary/aromatic N) is 1. The third kappa shape index (κ3) is 5.04. The number of benzene rings is 8. The van der Waals surface area contributed by atoms with Crippen molar-refractivity contribution >= 4 is 17.1 Å². The number of fused-ring (bicyclic) bond motifs is 11. The van der Waals surface area contributed by atoms with Crippen molar-refractivity contribution in [3.05, 3.63) is 210 Å². The summed E-state index contributed by atoms with van der Waals surface area (Å²) >= 11 is 0. The van der Waals surface area contributed by atoms with Crippen LogP contribution in [-0.4, -0.2) is 0 Å². The second kappa shape index (κ2) is 13.0. The summed E-state index contributed by atoms with van der Waals surface area (Å²) in [6.07, 6.45) is 5.35. The van der Waals surface area contributed by atoms with E-state index >= 15 is 0 Å². The molecule has 59 heavy (non-hydrogen) atoms. The van der Waals surface area contributed by atoms with Gasteiger partial charge in [0.15, 0.2) is 0 Å². The summed E-state index contributed by atoms with van der Waals surface area (Å²) in [5, 5.41) is 0. The van der Waals surface area contributed by atoms with Gasteiger partial charge in [-0.2, -0.15) is 0 Å². The SMILES string of the molecule is CC1(C)c2ccccc2-c2cccc(-c3ccccc3-c3ccc(N(c4ccc5c(c4)C4(CC6CCC4C6)c4ccccc4-5)c4ccccc4-c4ccccc4)cc3)c21. The highest BCUT2D eigenvalue weighted by atomic mass is 15.1. The van der Waals surface area contributed by atoms with Crippen LogP contribution in [0.15, 0.2) is 188 Å². The predicted octanol–water partition coefficient (Wildman–Crippen LogP) is 15.6. The average Bonchev–Trinajstić information content (AvgIpc) is 4.04. The molecule has 8 aromatic rings. The smallest absolute Gasteiger partial charge is 0.0540 e. The highest BCUT2D eigenvalue weighted by molar-refractivity contribution is 5.94. The molecule has 1 heteroatoms. The molecule has 0 saturated heterocycles. The molecule has 0 N–H and O–H groups in total. The second-order valence-corrected chi connectivity index (χ2v) is 18.0. The fourth-order valence-corrected chi connectivity index (χ4v) is 12.3. The Balaban J connectivity index is 1.01. The van der Waals surface area contributed by atoms with Gasteiger partial charge in [0.2, 0.25) is 0 Å². The summed E-state index contributed by atoms with van der Waals surface area (Å²) in [5.41, 5.74) is 22.6. The quantitative estimate of drug-likeness (QED) is 0.163. The van der Waals surface area contributed by atoms with Crippen LogP contribution in [0, 0.1) is 11.8 Å². The van der Waals surface area contributed by atoms with E-state index in [1.807, 2.05) is 0 Å². The summed E-state index contributed by atoms with van der Waals surface area (Å²) in [6, 6.07) is 70.7. The molecule has 1 nitrogen and oxygen atoms in total. The molecule has 4 aliphatic carbocycles. The lowest BCUT2D eigenvalue weighted by molar-refractivity contribution is 0.327. The molecule has 4 aliphatic rings. The molecule has 3 unspecified atom stereocenters. The van der Waals surface area contributed by atoms with Gasteiger partial charge in [-0.25, -0.2) is 0 Å². The van der Waals surface area contributed by atoms with Gasteiger partial charge in [0.25, 0.3) is 0 Å². The van der Waals surface area contributed by atoms with Crippen molar-refractivity contribution in [2.45, 2.75) is 50.4 Å². The molecule has 2 fully saturated rings. The van der Waals surface area contributed by atoms with Gasteiger partial charge < -0.3 is 4.90 Å². The van der Waals surface area contributed by atoms with Crippen molar-refractivity contribution in [2.75, 3.05) is 4.90 Å². The maximum Gasteiger partial charge on any atom is 0.0540 e. The van der Waals surface area contributed by atoms with E-state index in [2.05, 4.69) is 207 Å². The first-order chi connectivity index (χ1) is 29.0. The first-order valence-corrected chi connectivity index (χ1v) is 21.6. The first kappa shape index (κ1) is 34.6. The number of rotatable bonds is 6. The number of hydrogen-bond acceptors (Lipinski definition) is 1. The van der Waals surface area contributed by atoms with Crippen molar-refractivity contribution < 1.29 is 0 Å². The summed E-state index contributed by atoms with van der Waals surface area (Å²) in [4.78, 5) is 2.52. The van der Waals surface area contributed by atoms with Crippen molar-refractivity contribution in [3.8, 4) is 55.6 Å². The van der Waals surface area contributed by atoms with Crippen LogP contribution in [0.25, 0.3) is 55.6 Å². The van der Waals surface area contributed by atoms with Crippen LogP contribution in [-0.2, 0) is 10.8 Å². The Bertz CT molecular complexity index is 2940. The fourth-order valence-electron chi connectivity index (χ4n) is 12.3. The predicted molar refractivity (Wildman–Crippen MR) is 247 cm³/mol. The summed E-state index contributed by atoms with van der Waals surface area (Å²) < 4.78 is 0. The Labute approximate surface area is 348 Å². The van der Waals surface area contributed by atoms with Crippen LogP contribution in [0.1, 0.15) is 61.8 Å². The minimum absolute atomic E-state index is 0.0972. The minimum atomic E-state index is -0.0972. The van der Waals surface area contributed by atoms with E-state index in [-0.39, 0.29) is 10.8 Å². The summed E-state index contributed by atoms with van der Waals surface area (Å²) in [5.74, 6) is 1.53. The van der Waals surface area contributed by atoms with E-state index in [0.717, 1.165) is 11.6 Å². The molecule has 0 heterocycles. The second-order valence-electron chi connectivity index (χ2n) is 18.0. The van der Waals surface area contributed by atoms with Gasteiger partial charge in [-0.3, -0.25) is 0 Å². The van der Waals surface area contributed by atoms with E-state index in [9.17, 15) is 0 Å². The molecule has 1 spiro atoms. The van der Waals surface area contributed by atoms with E-state index in [4.69, 9.17) is 0 Å². The fraction of sp³-hybridized carbons (Fsp3) is 0.172. The van der Waals surface area contributed by atoms with Gasteiger partial charge >= 0.3 is 0 Å². The largest absolute Gasteiger partial charge is 0.310 e. The lowest BCUT2D eigenvalue weighted by Crippen LogP contribution is -2.32. The lowest BCUT2D eigenvalue weighted by Gasteiger charge is -2.37. The summed E-state index contributed by atoms with van der Waals surface area (Å²) in [7, 11) is 0. The van der Waals surface area contributed by atoms with E-state index in [0.29, 0.717) is 5.92 Å². The Hall–Kier alpha value is -6.44. The zero-order valence-corrected chi connectivity index (χ0v) is 33.8. The van der Waals surface area contributed by atoms with E-state index in [1.54, 1.807) is 5.56 Å². The van der Waals surface area contributed by atoms with Crippen LogP contribution in [0.3, 0.4) is 0 Å². The third-order valence-electron chi connectivity index (χ3n) is 14.8. The normalized spacial score (nSPS) is 20.0. The molecule has 0 amide bonds. The summed E-state index contributed by atoms with van der Waals surface area (Å²) in [6.45, 7) is 4.77. The lowest BCUT2D eigenvalue weighted by atomic mass is 9.67. The Morgan fingerprint density at radius 3 is 1.71 bits per heavy atom. The first-order valence-electron chi connectivity index (χ1n) is 21.6. The van der Waals surface area contributed by atoms with Crippen molar-refractivity contribution in [3.63, 3.8) is 0 Å². The minimum Gasteiger partial charge on any atom is -0.310 e. The maximum absolute atomic E-state index is 2.58. The average molecular weight is 758 g/mol. The van der Waals surface area contributed by atoms with E-state index < -0.39 is 0 Å². The highest BCUT2D eigenvalue weighted by Crippen LogP contribution is 2.66. The zero-order chi connectivity index (χ0) is 39.3. The molecule has 0 aromatic heterocycles. The standard InChI is InChI=1S/C58H47N/c1-57(2)52-24-11-8-21-48(52)51-23-14-22-50(56(51)57)46-19-7-6-17-44(46)40-28-31-42(32-29-40)59(55-26-13-10-18-45(55)39-15-4-3-5-16-39)43-33-34-49-47-20-9-12-25-53(47)58(54(49)36-43)37-38-27-30-41(58)35-38/h3-26,28-29,31-34,36,38,41H,27,30,35,37H2,1-2H3. The topological polar surface area (TPSA) is 3.24 Å². The van der Waals surface area contributed by atoms with Gasteiger partial charge in [0.1, 0.15) is 0 Å². The molecule has 3 atom stereocenters. The van der Waals surface area contributed by atoms with Gasteiger partial charge in [0, 0.05) is 27.8 Å². The van der Waals surface area contributed by atoms with Crippen molar-refractivity contribution in [2.24, 2.45) is 11.8 Å². The molecule has 0 aliphatic heterocycles. The van der Waals surface area contributed by atoms with Crippen LogP contribution in [0.4, 0.5) is 17.1 Å². The molecule has 2 bridgehead atoms. The molecule has 8 aromatic carbocycles. The molecule has 284 valence electrons. The third-order valence-corrected chi connectivity index (χ3v) is 14.8. The van der Waals surface area contributed by atoms with Gasteiger partial charge in [-0.15, -0.1) is 0 Å². The molecule has 12 rings (SSSR count). The van der Waals surface area contributed by atoms with E-state index in [1.165, 1.54) is 109 Å². The zero-order valence-electron chi connectivity index (χ0n) is 33.8. The number of hydrogen-bond donors (Lipinski definition) is 0. The van der Waals surface area contributed by atoms with Crippen LogP contribution in [0.2, 0.25) is 0 Å². The highest BCUT2D eigenvalue weighted by Gasteiger charge is 2.56. The number of anilines is 3. The van der Waals surface area contributed by atoms with Crippen LogP contribution in [0.5, 0.6) is 0 Å². The maximum atomic E-state index is 2.58. The van der Waals surface area contributed by atoms with Crippen LogP contribution < -0.4 is 4.90 Å². The molecular formula is C58H47N. The Morgan fingerprint density at radius 1 is 0.424 bits per heavy atom. The van der Waals surface area contributed by atoms with Crippen LogP contribution >= 0.6 is 0 Å². The number of para-hydroxylation sites is 1. The Kier molecular flexibility index (Phi) is 7.64. The van der Waals surface area contributed by atoms with Gasteiger partial charge in [0.05, 0.1) is 5.69 Å². The molecular weight excluding hydrogens is 711 g/mol.